The predicted octanol–water partition coefficient (Wildman–Crippen LogP) is 7.38. The summed E-state index contributed by atoms with van der Waals surface area (Å²) in [6.45, 7) is 10.2. The highest BCUT2D eigenvalue weighted by molar-refractivity contribution is 5.78. The Morgan fingerprint density at radius 2 is 0.861 bits per heavy atom. The SMILES string of the molecule is Cc1cc2ncn(Cc3ccc(-c4ccc(Cn5cnc6cc(C)c(C)cc65)cc4)cc3)c2cc1C. The van der Waals surface area contributed by atoms with Gasteiger partial charge in [-0.05, 0) is 96.5 Å². The fourth-order valence-corrected chi connectivity index (χ4v) is 4.88. The molecule has 36 heavy (non-hydrogen) atoms. The molecule has 178 valence electrons. The second-order valence-electron chi connectivity index (χ2n) is 9.99. The van der Waals surface area contributed by atoms with Crippen molar-refractivity contribution < 1.29 is 0 Å². The van der Waals surface area contributed by atoms with Gasteiger partial charge in [0, 0.05) is 13.1 Å². The average molecular weight is 471 g/mol. The van der Waals surface area contributed by atoms with Gasteiger partial charge in [0.05, 0.1) is 34.7 Å². The summed E-state index contributed by atoms with van der Waals surface area (Å²) < 4.78 is 4.46. The van der Waals surface area contributed by atoms with E-state index < -0.39 is 0 Å². The van der Waals surface area contributed by atoms with Crippen molar-refractivity contribution in [2.24, 2.45) is 0 Å². The van der Waals surface area contributed by atoms with Gasteiger partial charge < -0.3 is 9.13 Å². The third kappa shape index (κ3) is 4.09. The molecule has 6 aromatic rings. The fraction of sp³-hybridized carbons (Fsp3) is 0.188. The molecule has 0 bridgehead atoms. The Balaban J connectivity index is 1.18. The van der Waals surface area contributed by atoms with Crippen molar-refractivity contribution in [3.63, 3.8) is 0 Å². The van der Waals surface area contributed by atoms with Crippen molar-refractivity contribution in [2.45, 2.75) is 40.8 Å². The van der Waals surface area contributed by atoms with Crippen molar-refractivity contribution >= 4 is 22.1 Å². The van der Waals surface area contributed by atoms with E-state index in [4.69, 9.17) is 0 Å². The zero-order chi connectivity index (χ0) is 24.8. The van der Waals surface area contributed by atoms with E-state index >= 15 is 0 Å². The van der Waals surface area contributed by atoms with Gasteiger partial charge in [-0.2, -0.15) is 0 Å². The van der Waals surface area contributed by atoms with Gasteiger partial charge >= 0.3 is 0 Å². The van der Waals surface area contributed by atoms with Crippen molar-refractivity contribution in [3.8, 4) is 11.1 Å². The van der Waals surface area contributed by atoms with Crippen LogP contribution in [0.25, 0.3) is 33.2 Å². The van der Waals surface area contributed by atoms with Crippen molar-refractivity contribution in [3.05, 3.63) is 119 Å². The third-order valence-corrected chi connectivity index (χ3v) is 7.42. The number of hydrogen-bond acceptors (Lipinski definition) is 2. The van der Waals surface area contributed by atoms with Crippen LogP contribution >= 0.6 is 0 Å². The topological polar surface area (TPSA) is 35.6 Å². The highest BCUT2D eigenvalue weighted by Crippen LogP contribution is 2.24. The number of fused-ring (bicyclic) bond motifs is 2. The molecule has 4 aromatic carbocycles. The van der Waals surface area contributed by atoms with Crippen LogP contribution < -0.4 is 0 Å². The first kappa shape index (κ1) is 22.3. The largest absolute Gasteiger partial charge is 0.326 e. The van der Waals surface area contributed by atoms with Crippen LogP contribution in [-0.2, 0) is 13.1 Å². The molecule has 0 aliphatic heterocycles. The fourth-order valence-electron chi connectivity index (χ4n) is 4.88. The van der Waals surface area contributed by atoms with E-state index in [1.54, 1.807) is 0 Å². The first-order chi connectivity index (χ1) is 17.4. The number of benzene rings is 4. The van der Waals surface area contributed by atoms with Crippen LogP contribution in [0, 0.1) is 27.7 Å². The second-order valence-corrected chi connectivity index (χ2v) is 9.99. The lowest BCUT2D eigenvalue weighted by Crippen LogP contribution is -1.99. The summed E-state index contributed by atoms with van der Waals surface area (Å²) in [5, 5.41) is 0. The Kier molecular flexibility index (Phi) is 5.45. The first-order valence-corrected chi connectivity index (χ1v) is 12.5. The standard InChI is InChI=1S/C32H30N4/c1-21-13-29-31(15-23(21)3)35(19-33-29)17-25-5-9-27(10-6-25)28-11-7-26(8-12-28)18-36-20-34-30-14-22(2)24(4)16-32(30)36/h5-16,19-20H,17-18H2,1-4H3. The maximum Gasteiger partial charge on any atom is 0.0961 e. The van der Waals surface area contributed by atoms with Crippen LogP contribution in [0.5, 0.6) is 0 Å². The van der Waals surface area contributed by atoms with E-state index in [-0.39, 0.29) is 0 Å². The number of imidazole rings is 2. The van der Waals surface area contributed by atoms with Crippen LogP contribution in [0.1, 0.15) is 33.4 Å². The zero-order valence-electron chi connectivity index (χ0n) is 21.3. The molecule has 0 atom stereocenters. The number of rotatable bonds is 5. The summed E-state index contributed by atoms with van der Waals surface area (Å²) in [7, 11) is 0. The molecular weight excluding hydrogens is 440 g/mol. The van der Waals surface area contributed by atoms with Crippen LogP contribution in [0.3, 0.4) is 0 Å². The molecule has 0 unspecified atom stereocenters. The Morgan fingerprint density at radius 3 is 1.25 bits per heavy atom. The molecule has 0 aliphatic carbocycles. The maximum absolute atomic E-state index is 4.60. The van der Waals surface area contributed by atoms with Gasteiger partial charge in [0.15, 0.2) is 0 Å². The molecule has 2 aromatic heterocycles. The minimum atomic E-state index is 0.816. The van der Waals surface area contributed by atoms with Gasteiger partial charge in [0.25, 0.3) is 0 Å². The molecule has 2 heterocycles. The molecular formula is C32H30N4. The summed E-state index contributed by atoms with van der Waals surface area (Å²) in [4.78, 5) is 9.20. The lowest BCUT2D eigenvalue weighted by molar-refractivity contribution is 0.824. The second kappa shape index (κ2) is 8.80. The molecule has 0 aliphatic rings. The van der Waals surface area contributed by atoms with Gasteiger partial charge in [-0.25, -0.2) is 9.97 Å². The molecule has 0 saturated heterocycles. The Bertz CT molecular complexity index is 1570. The summed E-state index contributed by atoms with van der Waals surface area (Å²) in [5.74, 6) is 0. The quantitative estimate of drug-likeness (QED) is 0.263. The van der Waals surface area contributed by atoms with Crippen molar-refractivity contribution in [1.82, 2.24) is 19.1 Å². The Morgan fingerprint density at radius 1 is 0.500 bits per heavy atom. The van der Waals surface area contributed by atoms with E-state index in [0.717, 1.165) is 24.1 Å². The minimum Gasteiger partial charge on any atom is -0.326 e. The molecule has 6 rings (SSSR count). The Hall–Kier alpha value is -4.18. The minimum absolute atomic E-state index is 0.816. The number of nitrogens with zero attached hydrogens (tertiary/aromatic N) is 4. The van der Waals surface area contributed by atoms with Crippen LogP contribution in [-0.4, -0.2) is 19.1 Å². The lowest BCUT2D eigenvalue weighted by atomic mass is 10.0. The molecule has 0 saturated carbocycles. The van der Waals surface area contributed by atoms with E-state index in [1.807, 2.05) is 12.7 Å². The van der Waals surface area contributed by atoms with E-state index in [2.05, 4.69) is 120 Å². The monoisotopic (exact) mass is 470 g/mol. The van der Waals surface area contributed by atoms with Gasteiger partial charge in [0.1, 0.15) is 0 Å². The first-order valence-electron chi connectivity index (χ1n) is 12.5. The molecule has 0 radical (unpaired) electrons. The van der Waals surface area contributed by atoms with Gasteiger partial charge in [-0.1, -0.05) is 48.5 Å². The molecule has 4 heteroatoms. The predicted molar refractivity (Wildman–Crippen MR) is 148 cm³/mol. The molecule has 0 N–H and O–H groups in total. The van der Waals surface area contributed by atoms with Crippen molar-refractivity contribution in [1.29, 1.82) is 0 Å². The molecule has 0 amide bonds. The van der Waals surface area contributed by atoms with Gasteiger partial charge in [-0.3, -0.25) is 0 Å². The molecule has 0 spiro atoms. The summed E-state index contributed by atoms with van der Waals surface area (Å²) in [5.41, 5.74) is 14.7. The molecule has 0 fully saturated rings. The average Bonchev–Trinajstić information content (AvgIpc) is 3.44. The van der Waals surface area contributed by atoms with E-state index in [0.29, 0.717) is 0 Å². The zero-order valence-corrected chi connectivity index (χ0v) is 21.3. The highest BCUT2D eigenvalue weighted by atomic mass is 15.0. The van der Waals surface area contributed by atoms with Crippen molar-refractivity contribution in [2.75, 3.05) is 0 Å². The number of aromatic nitrogens is 4. The normalized spacial score (nSPS) is 11.6. The lowest BCUT2D eigenvalue weighted by Gasteiger charge is -2.09. The van der Waals surface area contributed by atoms with Crippen LogP contribution in [0.15, 0.2) is 85.5 Å². The summed E-state index contributed by atoms with van der Waals surface area (Å²) in [6.07, 6.45) is 3.89. The molecule has 4 nitrogen and oxygen atoms in total. The highest BCUT2D eigenvalue weighted by Gasteiger charge is 2.08. The van der Waals surface area contributed by atoms with Crippen LogP contribution in [0.4, 0.5) is 0 Å². The third-order valence-electron chi connectivity index (χ3n) is 7.42. The number of aryl methyl sites for hydroxylation is 4. The summed E-state index contributed by atoms with van der Waals surface area (Å²) >= 11 is 0. The summed E-state index contributed by atoms with van der Waals surface area (Å²) in [6, 6.07) is 26.6. The van der Waals surface area contributed by atoms with Gasteiger partial charge in [-0.15, -0.1) is 0 Å². The van der Waals surface area contributed by atoms with Gasteiger partial charge in [0.2, 0.25) is 0 Å². The Labute approximate surface area is 211 Å². The van der Waals surface area contributed by atoms with E-state index in [9.17, 15) is 0 Å². The maximum atomic E-state index is 4.60. The van der Waals surface area contributed by atoms with E-state index in [1.165, 1.54) is 55.5 Å². The van der Waals surface area contributed by atoms with Crippen LogP contribution in [0.2, 0.25) is 0 Å². The smallest absolute Gasteiger partial charge is 0.0961 e. The number of hydrogen-bond donors (Lipinski definition) is 0.